The number of carbonyl (C=O) groups excluding carboxylic acids is 1. The maximum absolute atomic E-state index is 12.7. The molecule has 0 spiro atoms. The van der Waals surface area contributed by atoms with Gasteiger partial charge in [-0.1, -0.05) is 19.4 Å². The Morgan fingerprint density at radius 1 is 1.04 bits per heavy atom. The Balaban J connectivity index is 2.12. The highest BCUT2D eigenvalue weighted by molar-refractivity contribution is 7.92. The van der Waals surface area contributed by atoms with Crippen LogP contribution in [0.1, 0.15) is 31.7 Å². The second kappa shape index (κ2) is 8.43. The molecule has 0 heterocycles. The number of hydrogen-bond acceptors (Lipinski definition) is 3. The van der Waals surface area contributed by atoms with Gasteiger partial charge in [-0.3, -0.25) is 9.52 Å². The van der Waals surface area contributed by atoms with Gasteiger partial charge in [0.05, 0.1) is 10.5 Å². The van der Waals surface area contributed by atoms with Gasteiger partial charge in [-0.25, -0.2) is 8.42 Å². The van der Waals surface area contributed by atoms with Gasteiger partial charge in [-0.05, 0) is 48.9 Å². The van der Waals surface area contributed by atoms with Gasteiger partial charge in [0.2, 0.25) is 5.91 Å². The number of rotatable bonds is 7. The third-order valence-electron chi connectivity index (χ3n) is 3.65. The summed E-state index contributed by atoms with van der Waals surface area (Å²) < 4.78 is 65.1. The summed E-state index contributed by atoms with van der Waals surface area (Å²) in [5.41, 5.74) is -0.705. The van der Waals surface area contributed by atoms with Crippen LogP contribution in [-0.4, -0.2) is 14.3 Å². The smallest absolute Gasteiger partial charge is 0.326 e. The van der Waals surface area contributed by atoms with Crippen molar-refractivity contribution >= 4 is 27.3 Å². The molecule has 0 aromatic heterocycles. The fraction of sp³-hybridized carbons (Fsp3) is 0.278. The van der Waals surface area contributed by atoms with Gasteiger partial charge in [-0.15, -0.1) is 0 Å². The van der Waals surface area contributed by atoms with Gasteiger partial charge in [0, 0.05) is 17.8 Å². The predicted octanol–water partition coefficient (Wildman–Crippen LogP) is 4.63. The van der Waals surface area contributed by atoms with E-state index in [0.29, 0.717) is 12.1 Å². The average Bonchev–Trinajstić information content (AvgIpc) is 2.59. The van der Waals surface area contributed by atoms with E-state index in [1.54, 1.807) is 0 Å². The van der Waals surface area contributed by atoms with E-state index in [0.717, 1.165) is 31.0 Å². The number of halogens is 3. The molecular weight excluding hydrogens is 381 g/mol. The van der Waals surface area contributed by atoms with Crippen molar-refractivity contribution in [3.05, 3.63) is 54.1 Å². The highest BCUT2D eigenvalue weighted by Gasteiger charge is 2.30. The minimum atomic E-state index is -4.57. The number of nitrogens with one attached hydrogen (secondary N) is 2. The molecule has 0 saturated heterocycles. The number of hydrogen-bond donors (Lipinski definition) is 2. The quantitative estimate of drug-likeness (QED) is 0.711. The lowest BCUT2D eigenvalue weighted by molar-refractivity contribution is -0.137. The van der Waals surface area contributed by atoms with E-state index in [2.05, 4.69) is 10.0 Å². The van der Waals surface area contributed by atoms with Crippen molar-refractivity contribution in [3.8, 4) is 0 Å². The molecule has 0 unspecified atom stereocenters. The highest BCUT2D eigenvalue weighted by Crippen LogP contribution is 2.31. The van der Waals surface area contributed by atoms with E-state index >= 15 is 0 Å². The van der Waals surface area contributed by atoms with E-state index in [1.807, 2.05) is 6.92 Å². The average molecular weight is 400 g/mol. The minimum Gasteiger partial charge on any atom is -0.326 e. The second-order valence-electron chi connectivity index (χ2n) is 5.86. The van der Waals surface area contributed by atoms with E-state index in [9.17, 15) is 26.4 Å². The first kappa shape index (κ1) is 20.8. The summed E-state index contributed by atoms with van der Waals surface area (Å²) >= 11 is 0. The van der Waals surface area contributed by atoms with Crippen LogP contribution in [0.4, 0.5) is 24.5 Å². The summed E-state index contributed by atoms with van der Waals surface area (Å²) in [7, 11) is -4.07. The zero-order valence-electron chi connectivity index (χ0n) is 14.5. The first-order valence-electron chi connectivity index (χ1n) is 8.22. The molecule has 0 fully saturated rings. The molecule has 2 rings (SSSR count). The van der Waals surface area contributed by atoms with Crippen LogP contribution in [0.5, 0.6) is 0 Å². The molecule has 27 heavy (non-hydrogen) atoms. The van der Waals surface area contributed by atoms with Crippen LogP contribution in [0.25, 0.3) is 0 Å². The molecule has 2 N–H and O–H groups in total. The number of sulfonamides is 1. The fourth-order valence-corrected chi connectivity index (χ4v) is 3.30. The van der Waals surface area contributed by atoms with Crippen LogP contribution in [-0.2, 0) is 21.0 Å². The minimum absolute atomic E-state index is 0.133. The standard InChI is InChI=1S/C18H19F3N2O3S/c1-2-3-7-17(24)22-14-8-10-16(11-9-14)27(25,26)23-15-6-4-5-13(12-15)18(19,20)21/h4-6,8-12,23H,2-3,7H2,1H3,(H,22,24). The van der Waals surface area contributed by atoms with Crippen LogP contribution in [0.3, 0.4) is 0 Å². The molecule has 0 aliphatic heterocycles. The van der Waals surface area contributed by atoms with E-state index < -0.39 is 21.8 Å². The lowest BCUT2D eigenvalue weighted by Gasteiger charge is -2.12. The van der Waals surface area contributed by atoms with Crippen LogP contribution in [0, 0.1) is 0 Å². The Hall–Kier alpha value is -2.55. The predicted molar refractivity (Wildman–Crippen MR) is 96.8 cm³/mol. The van der Waals surface area contributed by atoms with E-state index in [4.69, 9.17) is 0 Å². The normalized spacial score (nSPS) is 11.9. The monoisotopic (exact) mass is 400 g/mol. The Labute approximate surface area is 155 Å². The SMILES string of the molecule is CCCCC(=O)Nc1ccc(S(=O)(=O)Nc2cccc(C(F)(F)F)c2)cc1. The number of alkyl halides is 3. The largest absolute Gasteiger partial charge is 0.416 e. The molecule has 0 atom stereocenters. The summed E-state index contributed by atoms with van der Waals surface area (Å²) in [6.45, 7) is 1.96. The molecule has 1 amide bonds. The molecule has 2 aromatic rings. The van der Waals surface area contributed by atoms with E-state index in [1.165, 1.54) is 30.3 Å². The molecule has 146 valence electrons. The van der Waals surface area contributed by atoms with Crippen LogP contribution < -0.4 is 10.0 Å². The number of unbranched alkanes of at least 4 members (excludes halogenated alkanes) is 1. The maximum atomic E-state index is 12.7. The number of anilines is 2. The van der Waals surface area contributed by atoms with Crippen molar-refractivity contribution in [1.82, 2.24) is 0 Å². The zero-order valence-corrected chi connectivity index (χ0v) is 15.3. The Kier molecular flexibility index (Phi) is 6.48. The molecule has 2 aromatic carbocycles. The fourth-order valence-electron chi connectivity index (χ4n) is 2.25. The number of amides is 1. The first-order chi connectivity index (χ1) is 12.6. The third-order valence-corrected chi connectivity index (χ3v) is 5.05. The van der Waals surface area contributed by atoms with Gasteiger partial charge >= 0.3 is 6.18 Å². The van der Waals surface area contributed by atoms with Gasteiger partial charge in [0.25, 0.3) is 10.0 Å². The van der Waals surface area contributed by atoms with E-state index in [-0.39, 0.29) is 16.5 Å². The van der Waals surface area contributed by atoms with Crippen molar-refractivity contribution < 1.29 is 26.4 Å². The Morgan fingerprint density at radius 2 is 1.70 bits per heavy atom. The molecule has 0 bridgehead atoms. The summed E-state index contributed by atoms with van der Waals surface area (Å²) in [5.74, 6) is -0.172. The second-order valence-corrected chi connectivity index (χ2v) is 7.54. The van der Waals surface area contributed by atoms with Crippen LogP contribution in [0.15, 0.2) is 53.4 Å². The zero-order chi connectivity index (χ0) is 20.1. The van der Waals surface area contributed by atoms with Gasteiger partial charge in [0.15, 0.2) is 0 Å². The van der Waals surface area contributed by atoms with Gasteiger partial charge in [0.1, 0.15) is 0 Å². The van der Waals surface area contributed by atoms with Gasteiger partial charge in [-0.2, -0.15) is 13.2 Å². The molecule has 0 aliphatic carbocycles. The van der Waals surface area contributed by atoms with Crippen LogP contribution in [0.2, 0.25) is 0 Å². The summed E-state index contributed by atoms with van der Waals surface area (Å²) in [4.78, 5) is 11.5. The molecule has 0 aliphatic rings. The summed E-state index contributed by atoms with van der Waals surface area (Å²) in [6, 6.07) is 9.31. The number of carbonyl (C=O) groups is 1. The first-order valence-corrected chi connectivity index (χ1v) is 9.70. The maximum Gasteiger partial charge on any atom is 0.416 e. The topological polar surface area (TPSA) is 75.3 Å². The van der Waals surface area contributed by atoms with Crippen molar-refractivity contribution in [2.45, 2.75) is 37.3 Å². The third kappa shape index (κ3) is 5.99. The lowest BCUT2D eigenvalue weighted by atomic mass is 10.2. The molecule has 5 nitrogen and oxygen atoms in total. The Morgan fingerprint density at radius 3 is 2.30 bits per heavy atom. The van der Waals surface area contributed by atoms with Crippen molar-refractivity contribution in [1.29, 1.82) is 0 Å². The molecule has 0 saturated carbocycles. The highest BCUT2D eigenvalue weighted by atomic mass is 32.2. The van der Waals surface area contributed by atoms with Gasteiger partial charge < -0.3 is 5.32 Å². The lowest BCUT2D eigenvalue weighted by Crippen LogP contribution is -2.14. The summed E-state index contributed by atoms with van der Waals surface area (Å²) in [6.07, 6.45) is -2.57. The van der Waals surface area contributed by atoms with Crippen molar-refractivity contribution in [3.63, 3.8) is 0 Å². The molecular formula is C18H19F3N2O3S. The van der Waals surface area contributed by atoms with Crippen molar-refractivity contribution in [2.24, 2.45) is 0 Å². The summed E-state index contributed by atoms with van der Waals surface area (Å²) in [5, 5.41) is 2.65. The molecule has 9 heteroatoms. The van der Waals surface area contributed by atoms with Crippen LogP contribution >= 0.6 is 0 Å². The number of benzene rings is 2. The van der Waals surface area contributed by atoms with Crippen molar-refractivity contribution in [2.75, 3.05) is 10.0 Å². The molecule has 0 radical (unpaired) electrons. The Bertz CT molecular complexity index is 895.